The molecule has 0 saturated heterocycles. The molecule has 37 heavy (non-hydrogen) atoms. The van der Waals surface area contributed by atoms with Crippen LogP contribution in [0.4, 0.5) is 0 Å². The normalized spacial score (nSPS) is 11.4. The van der Waals surface area contributed by atoms with Crippen LogP contribution in [0.5, 0.6) is 5.75 Å². The van der Waals surface area contributed by atoms with Crippen molar-refractivity contribution in [1.29, 1.82) is 0 Å². The van der Waals surface area contributed by atoms with Crippen molar-refractivity contribution >= 4 is 0 Å². The summed E-state index contributed by atoms with van der Waals surface area (Å²) in [6.07, 6.45) is 0. The number of aromatic hydroxyl groups is 1. The van der Waals surface area contributed by atoms with E-state index in [-0.39, 0.29) is 16.9 Å². The van der Waals surface area contributed by atoms with Crippen LogP contribution in [0.2, 0.25) is 0 Å². The smallest absolute Gasteiger partial charge is 0.275 e. The highest BCUT2D eigenvalue weighted by Gasteiger charge is 2.34. The maximum Gasteiger partial charge on any atom is 0.275 e. The van der Waals surface area contributed by atoms with Gasteiger partial charge in [0, 0.05) is 31.0 Å². The van der Waals surface area contributed by atoms with Crippen LogP contribution in [0.25, 0.3) is 11.4 Å². The lowest BCUT2D eigenvalue weighted by molar-refractivity contribution is 0.466. The summed E-state index contributed by atoms with van der Waals surface area (Å²) in [4.78, 5) is 28.2. The molecule has 0 radical (unpaired) electrons. The number of aryl methyl sites for hydroxylation is 1. The van der Waals surface area contributed by atoms with Crippen molar-refractivity contribution in [1.82, 2.24) is 18.7 Å². The van der Waals surface area contributed by atoms with E-state index in [2.05, 4.69) is 0 Å². The number of phenolic OH excluding ortho intramolecular Hbond substituents is 1. The van der Waals surface area contributed by atoms with Gasteiger partial charge in [0.15, 0.2) is 0 Å². The average molecular weight is 495 g/mol. The van der Waals surface area contributed by atoms with E-state index in [0.717, 1.165) is 16.9 Å². The molecule has 0 amide bonds. The zero-order valence-electron chi connectivity index (χ0n) is 21.6. The molecule has 2 aromatic heterocycles. The summed E-state index contributed by atoms with van der Waals surface area (Å²) in [5, 5.41) is 11.0. The van der Waals surface area contributed by atoms with Gasteiger partial charge in [-0.25, -0.2) is 9.36 Å². The molecule has 1 N–H and O–H groups in total. The molecule has 2 heterocycles. The van der Waals surface area contributed by atoms with Crippen molar-refractivity contribution < 1.29 is 5.11 Å². The van der Waals surface area contributed by atoms with Crippen LogP contribution in [-0.4, -0.2) is 23.8 Å². The van der Waals surface area contributed by atoms with Crippen LogP contribution in [-0.2, 0) is 14.1 Å². The highest BCUT2D eigenvalue weighted by molar-refractivity contribution is 5.52. The monoisotopic (exact) mass is 494 g/mol. The summed E-state index contributed by atoms with van der Waals surface area (Å²) in [5.41, 5.74) is 4.78. The van der Waals surface area contributed by atoms with Gasteiger partial charge >= 0.3 is 0 Å². The lowest BCUT2D eigenvalue weighted by Crippen LogP contribution is -2.26. The predicted octanol–water partition coefficient (Wildman–Crippen LogP) is 4.48. The molecule has 0 saturated carbocycles. The largest absolute Gasteiger partial charge is 0.508 e. The van der Waals surface area contributed by atoms with Gasteiger partial charge in [-0.3, -0.25) is 19.0 Å². The first kappa shape index (κ1) is 24.2. The Kier molecular flexibility index (Phi) is 5.99. The summed E-state index contributed by atoms with van der Waals surface area (Å²) in [5.74, 6) is -0.731. The van der Waals surface area contributed by atoms with E-state index in [4.69, 9.17) is 0 Å². The fraction of sp³-hybridized carbons (Fsp3) is 0.200. The second kappa shape index (κ2) is 9.17. The van der Waals surface area contributed by atoms with Crippen molar-refractivity contribution in [3.05, 3.63) is 133 Å². The molecule has 5 rings (SSSR count). The molecule has 0 aliphatic carbocycles. The van der Waals surface area contributed by atoms with Crippen molar-refractivity contribution in [3.63, 3.8) is 0 Å². The number of rotatable bonds is 5. The minimum Gasteiger partial charge on any atom is -0.508 e. The quantitative estimate of drug-likeness (QED) is 0.392. The van der Waals surface area contributed by atoms with E-state index in [1.54, 1.807) is 24.8 Å². The Bertz CT molecular complexity index is 1620. The third-order valence-electron chi connectivity index (χ3n) is 7.27. The maximum absolute atomic E-state index is 14.1. The highest BCUT2D eigenvalue weighted by atomic mass is 16.3. The molecule has 0 bridgehead atoms. The van der Waals surface area contributed by atoms with Crippen molar-refractivity contribution in [2.75, 3.05) is 0 Å². The molecule has 0 fully saturated rings. The van der Waals surface area contributed by atoms with Crippen molar-refractivity contribution in [2.24, 2.45) is 14.1 Å². The first-order chi connectivity index (χ1) is 17.7. The molecule has 0 unspecified atom stereocenters. The van der Waals surface area contributed by atoms with Gasteiger partial charge in [0.05, 0.1) is 28.4 Å². The third-order valence-corrected chi connectivity index (χ3v) is 7.27. The van der Waals surface area contributed by atoms with Gasteiger partial charge < -0.3 is 5.11 Å². The summed E-state index contributed by atoms with van der Waals surface area (Å²) < 4.78 is 6.83. The van der Waals surface area contributed by atoms with Crippen LogP contribution in [0.3, 0.4) is 0 Å². The molecule has 7 nitrogen and oxygen atoms in total. The number of aromatic nitrogens is 4. The number of hydrogen-bond donors (Lipinski definition) is 1. The van der Waals surface area contributed by atoms with Gasteiger partial charge in [-0.05, 0) is 51.1 Å². The fourth-order valence-corrected chi connectivity index (χ4v) is 5.20. The standard InChI is InChI=1S/C30H30N4O3/c1-19-16-17-25(35)24(18-19)28(26-20(2)31(4)33(29(26)36)22-12-8-6-9-13-22)27-21(3)32(5)34(30(27)37)23-14-10-7-11-15-23/h6-18,28,35H,1-5H3. The Morgan fingerprint density at radius 3 is 1.51 bits per heavy atom. The minimum atomic E-state index is -0.771. The SMILES string of the molecule is Cc1ccc(O)c(C(c2c(C)n(C)n(-c3ccccc3)c2=O)c2c(C)n(C)n(-c3ccccc3)c2=O)c1. The van der Waals surface area contributed by atoms with E-state index in [1.807, 2.05) is 108 Å². The topological polar surface area (TPSA) is 74.1 Å². The van der Waals surface area contributed by atoms with Gasteiger partial charge in [0.2, 0.25) is 0 Å². The molecule has 0 aliphatic rings. The number of para-hydroxylation sites is 2. The van der Waals surface area contributed by atoms with Gasteiger partial charge in [-0.15, -0.1) is 0 Å². The second-order valence-electron chi connectivity index (χ2n) is 9.45. The van der Waals surface area contributed by atoms with E-state index < -0.39 is 5.92 Å². The molecular weight excluding hydrogens is 464 g/mol. The lowest BCUT2D eigenvalue weighted by Gasteiger charge is -2.18. The average Bonchev–Trinajstić information content (AvgIpc) is 3.25. The fourth-order valence-electron chi connectivity index (χ4n) is 5.20. The van der Waals surface area contributed by atoms with E-state index in [1.165, 1.54) is 0 Å². The molecule has 3 aromatic carbocycles. The zero-order valence-corrected chi connectivity index (χ0v) is 21.6. The van der Waals surface area contributed by atoms with Gasteiger partial charge in [-0.2, -0.15) is 0 Å². The van der Waals surface area contributed by atoms with Crippen molar-refractivity contribution in [3.8, 4) is 17.1 Å². The van der Waals surface area contributed by atoms with Crippen LogP contribution in [0.15, 0.2) is 88.5 Å². The molecule has 0 spiro atoms. The van der Waals surface area contributed by atoms with E-state index >= 15 is 0 Å². The van der Waals surface area contributed by atoms with Crippen molar-refractivity contribution in [2.45, 2.75) is 26.7 Å². The number of benzene rings is 3. The molecule has 7 heteroatoms. The van der Waals surface area contributed by atoms with Gasteiger partial charge in [0.25, 0.3) is 11.1 Å². The predicted molar refractivity (Wildman–Crippen MR) is 145 cm³/mol. The summed E-state index contributed by atoms with van der Waals surface area (Å²) in [6, 6.07) is 24.1. The highest BCUT2D eigenvalue weighted by Crippen LogP contribution is 2.38. The summed E-state index contributed by atoms with van der Waals surface area (Å²) in [7, 11) is 3.67. The molecule has 5 aromatic rings. The molecular formula is C30H30N4O3. The Balaban J connectivity index is 1.88. The Labute approximate surface area is 215 Å². The first-order valence-corrected chi connectivity index (χ1v) is 12.2. The van der Waals surface area contributed by atoms with E-state index in [9.17, 15) is 14.7 Å². The Morgan fingerprint density at radius 1 is 0.649 bits per heavy atom. The maximum atomic E-state index is 14.1. The molecule has 188 valence electrons. The number of phenols is 1. The molecule has 0 atom stereocenters. The van der Waals surface area contributed by atoms with Gasteiger partial charge in [0.1, 0.15) is 5.75 Å². The van der Waals surface area contributed by atoms with Crippen LogP contribution >= 0.6 is 0 Å². The second-order valence-corrected chi connectivity index (χ2v) is 9.45. The van der Waals surface area contributed by atoms with Crippen LogP contribution in [0, 0.1) is 20.8 Å². The number of nitrogens with zero attached hydrogens (tertiary/aromatic N) is 4. The first-order valence-electron chi connectivity index (χ1n) is 12.2. The third kappa shape index (κ3) is 3.83. The zero-order chi connectivity index (χ0) is 26.4. The van der Waals surface area contributed by atoms with Crippen LogP contribution < -0.4 is 11.1 Å². The summed E-state index contributed by atoms with van der Waals surface area (Å²) in [6.45, 7) is 5.69. The molecule has 0 aliphatic heterocycles. The summed E-state index contributed by atoms with van der Waals surface area (Å²) >= 11 is 0. The lowest BCUT2D eigenvalue weighted by atomic mass is 9.84. The van der Waals surface area contributed by atoms with Gasteiger partial charge in [-0.1, -0.05) is 54.1 Å². The van der Waals surface area contributed by atoms with E-state index in [0.29, 0.717) is 28.1 Å². The Hall–Kier alpha value is -4.52. The minimum absolute atomic E-state index is 0.0402. The number of hydrogen-bond acceptors (Lipinski definition) is 3. The Morgan fingerprint density at radius 2 is 1.08 bits per heavy atom. The van der Waals surface area contributed by atoms with Crippen LogP contribution in [0.1, 0.15) is 39.6 Å².